The molecule has 1 aromatic rings. The van der Waals surface area contributed by atoms with Gasteiger partial charge < -0.3 is 20.1 Å². The van der Waals surface area contributed by atoms with E-state index < -0.39 is 0 Å². The molecule has 0 saturated carbocycles. The van der Waals surface area contributed by atoms with Crippen LogP contribution in [-0.4, -0.2) is 39.9 Å². The van der Waals surface area contributed by atoms with Crippen molar-refractivity contribution in [3.05, 3.63) is 29.8 Å². The van der Waals surface area contributed by atoms with Crippen molar-refractivity contribution < 1.29 is 9.47 Å². The molecule has 0 unspecified atom stereocenters. The van der Waals surface area contributed by atoms with Crippen LogP contribution < -0.4 is 15.4 Å². The van der Waals surface area contributed by atoms with Crippen molar-refractivity contribution in [3.8, 4) is 5.75 Å². The molecule has 1 aromatic carbocycles. The third-order valence-electron chi connectivity index (χ3n) is 2.83. The monoisotopic (exact) mass is 421 g/mol. The normalized spacial score (nSPS) is 11.0. The highest BCUT2D eigenvalue weighted by atomic mass is 127. The first-order valence-corrected chi connectivity index (χ1v) is 7.31. The number of rotatable bonds is 8. The zero-order valence-corrected chi connectivity index (χ0v) is 16.2. The van der Waals surface area contributed by atoms with Crippen LogP contribution in [0.4, 0.5) is 0 Å². The average molecular weight is 421 g/mol. The molecule has 5 nitrogen and oxygen atoms in total. The minimum Gasteiger partial charge on any atom is -0.497 e. The van der Waals surface area contributed by atoms with Crippen molar-refractivity contribution in [2.45, 2.75) is 20.4 Å². The second-order valence-corrected chi connectivity index (χ2v) is 5.17. The van der Waals surface area contributed by atoms with Crippen LogP contribution in [0.1, 0.15) is 19.4 Å². The molecule has 0 radical (unpaired) electrons. The molecule has 6 heteroatoms. The SMILES string of the molecule is CN=C(NCCOCC(C)C)NCc1ccc(OC)cc1.I. The Kier molecular flexibility index (Phi) is 11.9. The molecular formula is C16H28IN3O2. The molecule has 0 aromatic heterocycles. The van der Waals surface area contributed by atoms with Crippen molar-refractivity contribution in [2.24, 2.45) is 10.9 Å². The largest absolute Gasteiger partial charge is 0.497 e. The van der Waals surface area contributed by atoms with Gasteiger partial charge >= 0.3 is 0 Å². The van der Waals surface area contributed by atoms with Gasteiger partial charge in [-0.25, -0.2) is 0 Å². The Labute approximate surface area is 150 Å². The lowest BCUT2D eigenvalue weighted by molar-refractivity contribution is 0.114. The Morgan fingerprint density at radius 3 is 2.41 bits per heavy atom. The van der Waals surface area contributed by atoms with E-state index in [0.29, 0.717) is 12.5 Å². The molecule has 0 aliphatic rings. The molecule has 126 valence electrons. The summed E-state index contributed by atoms with van der Waals surface area (Å²) in [6.07, 6.45) is 0. The fraction of sp³-hybridized carbons (Fsp3) is 0.562. The molecule has 0 heterocycles. The van der Waals surface area contributed by atoms with Gasteiger partial charge in [0.05, 0.1) is 13.7 Å². The van der Waals surface area contributed by atoms with Gasteiger partial charge in [-0.15, -0.1) is 24.0 Å². The Morgan fingerprint density at radius 1 is 1.18 bits per heavy atom. The first-order valence-electron chi connectivity index (χ1n) is 7.31. The minimum atomic E-state index is 0. The molecule has 0 atom stereocenters. The van der Waals surface area contributed by atoms with Gasteiger partial charge in [0.25, 0.3) is 0 Å². The van der Waals surface area contributed by atoms with Gasteiger partial charge in [0.2, 0.25) is 0 Å². The summed E-state index contributed by atoms with van der Waals surface area (Å²) in [5, 5.41) is 6.49. The van der Waals surface area contributed by atoms with E-state index in [2.05, 4.69) is 29.5 Å². The number of halogens is 1. The Hall–Kier alpha value is -1.02. The maximum Gasteiger partial charge on any atom is 0.191 e. The number of nitrogens with one attached hydrogen (secondary N) is 2. The van der Waals surface area contributed by atoms with Gasteiger partial charge in [0, 0.05) is 26.7 Å². The maximum absolute atomic E-state index is 5.52. The van der Waals surface area contributed by atoms with Crippen LogP contribution in [0.2, 0.25) is 0 Å². The number of aliphatic imine (C=N–C) groups is 1. The lowest BCUT2D eigenvalue weighted by Crippen LogP contribution is -2.38. The topological polar surface area (TPSA) is 54.9 Å². The Balaban J connectivity index is 0.00000441. The standard InChI is InChI=1S/C16H27N3O2.HI/c1-13(2)12-21-10-9-18-16(17-3)19-11-14-5-7-15(20-4)8-6-14;/h5-8,13H,9-12H2,1-4H3,(H2,17,18,19);1H. The van der Waals surface area contributed by atoms with Crippen LogP contribution in [0.25, 0.3) is 0 Å². The summed E-state index contributed by atoms with van der Waals surface area (Å²) in [7, 11) is 3.43. The van der Waals surface area contributed by atoms with E-state index in [1.165, 1.54) is 5.56 Å². The summed E-state index contributed by atoms with van der Waals surface area (Å²) in [6, 6.07) is 7.97. The molecule has 0 fully saturated rings. The number of methoxy groups -OCH3 is 1. The predicted octanol–water partition coefficient (Wildman–Crippen LogP) is 2.65. The first-order chi connectivity index (χ1) is 10.2. The first kappa shape index (κ1) is 21.0. The summed E-state index contributed by atoms with van der Waals surface area (Å²) in [6.45, 7) is 7.22. The number of guanidine groups is 1. The Morgan fingerprint density at radius 2 is 1.86 bits per heavy atom. The third kappa shape index (κ3) is 9.09. The summed E-state index contributed by atoms with van der Waals surface area (Å²) in [4.78, 5) is 4.18. The molecule has 0 saturated heterocycles. The van der Waals surface area contributed by atoms with Gasteiger partial charge in [-0.3, -0.25) is 4.99 Å². The third-order valence-corrected chi connectivity index (χ3v) is 2.83. The number of hydrogen-bond acceptors (Lipinski definition) is 3. The molecule has 0 bridgehead atoms. The number of nitrogens with zero attached hydrogens (tertiary/aromatic N) is 1. The van der Waals surface area contributed by atoms with E-state index in [0.717, 1.165) is 31.4 Å². The van der Waals surface area contributed by atoms with Crippen molar-refractivity contribution in [3.63, 3.8) is 0 Å². The predicted molar refractivity (Wildman–Crippen MR) is 102 cm³/mol. The summed E-state index contributed by atoms with van der Waals surface area (Å²) in [5.74, 6) is 2.21. The highest BCUT2D eigenvalue weighted by molar-refractivity contribution is 14.0. The second-order valence-electron chi connectivity index (χ2n) is 5.17. The van der Waals surface area contributed by atoms with Crippen LogP contribution in [0.15, 0.2) is 29.3 Å². The van der Waals surface area contributed by atoms with Gasteiger partial charge in [0.1, 0.15) is 5.75 Å². The zero-order valence-electron chi connectivity index (χ0n) is 13.9. The fourth-order valence-corrected chi connectivity index (χ4v) is 1.71. The quantitative estimate of drug-likeness (QED) is 0.293. The molecule has 0 aliphatic carbocycles. The maximum atomic E-state index is 5.52. The van der Waals surface area contributed by atoms with Gasteiger partial charge in [0.15, 0.2) is 5.96 Å². The zero-order chi connectivity index (χ0) is 15.5. The van der Waals surface area contributed by atoms with Crippen molar-refractivity contribution in [1.29, 1.82) is 0 Å². The highest BCUT2D eigenvalue weighted by Crippen LogP contribution is 2.10. The minimum absolute atomic E-state index is 0. The molecule has 2 N–H and O–H groups in total. The molecule has 22 heavy (non-hydrogen) atoms. The van der Waals surface area contributed by atoms with E-state index in [4.69, 9.17) is 9.47 Å². The molecule has 0 amide bonds. The highest BCUT2D eigenvalue weighted by Gasteiger charge is 1.99. The van der Waals surface area contributed by atoms with Crippen LogP contribution >= 0.6 is 24.0 Å². The second kappa shape index (κ2) is 12.5. The van der Waals surface area contributed by atoms with Crippen molar-refractivity contribution in [1.82, 2.24) is 10.6 Å². The number of benzene rings is 1. The molecular weight excluding hydrogens is 393 g/mol. The summed E-state index contributed by atoms with van der Waals surface area (Å²) < 4.78 is 10.7. The lowest BCUT2D eigenvalue weighted by atomic mass is 10.2. The lowest BCUT2D eigenvalue weighted by Gasteiger charge is -2.13. The summed E-state index contributed by atoms with van der Waals surface area (Å²) >= 11 is 0. The fourth-order valence-electron chi connectivity index (χ4n) is 1.71. The van der Waals surface area contributed by atoms with Gasteiger partial charge in [-0.1, -0.05) is 26.0 Å². The van der Waals surface area contributed by atoms with Gasteiger partial charge in [-0.2, -0.15) is 0 Å². The van der Waals surface area contributed by atoms with Crippen molar-refractivity contribution >= 4 is 29.9 Å². The molecule has 1 rings (SSSR count). The molecule has 0 spiro atoms. The van der Waals surface area contributed by atoms with E-state index in [-0.39, 0.29) is 24.0 Å². The number of hydrogen-bond donors (Lipinski definition) is 2. The van der Waals surface area contributed by atoms with Crippen LogP contribution in [0.3, 0.4) is 0 Å². The Bertz CT molecular complexity index is 422. The van der Waals surface area contributed by atoms with Crippen LogP contribution in [0, 0.1) is 5.92 Å². The number of ether oxygens (including phenoxy) is 2. The van der Waals surface area contributed by atoms with Crippen LogP contribution in [-0.2, 0) is 11.3 Å². The van der Waals surface area contributed by atoms with E-state index >= 15 is 0 Å². The average Bonchev–Trinajstić information content (AvgIpc) is 2.50. The van der Waals surface area contributed by atoms with E-state index in [9.17, 15) is 0 Å². The van der Waals surface area contributed by atoms with E-state index in [1.807, 2.05) is 24.3 Å². The van der Waals surface area contributed by atoms with E-state index in [1.54, 1.807) is 14.2 Å². The van der Waals surface area contributed by atoms with Gasteiger partial charge in [-0.05, 0) is 23.6 Å². The van der Waals surface area contributed by atoms with Crippen molar-refractivity contribution in [2.75, 3.05) is 33.9 Å². The smallest absolute Gasteiger partial charge is 0.191 e. The molecule has 0 aliphatic heterocycles. The van der Waals surface area contributed by atoms with Crippen LogP contribution in [0.5, 0.6) is 5.75 Å². The summed E-state index contributed by atoms with van der Waals surface area (Å²) in [5.41, 5.74) is 1.18.